The number of carboxylic acid groups (broad SMARTS) is 2. The number of carbonyl (C=O) groups excluding carboxylic acids is 13. The Labute approximate surface area is 493 Å². The van der Waals surface area contributed by atoms with Crippen molar-refractivity contribution >= 4 is 88.6 Å². The number of aliphatic hydroxyl groups is 3. The smallest absolute Gasteiger partial charge is 0.303 e. The summed E-state index contributed by atoms with van der Waals surface area (Å²) >= 11 is 0. The van der Waals surface area contributed by atoms with Crippen LogP contribution < -0.4 is 58.9 Å². The third kappa shape index (κ3) is 24.0. The van der Waals surface area contributed by atoms with E-state index in [4.69, 9.17) is 10.8 Å². The van der Waals surface area contributed by atoms with Crippen LogP contribution in [0.3, 0.4) is 0 Å². The molecule has 0 saturated carbocycles. The number of phenolic OH excluding ortho intramolecular Hbond substituents is 1. The molecule has 10 atom stereocenters. The molecule has 18 N–H and O–H groups in total. The second-order valence-electron chi connectivity index (χ2n) is 20.9. The number of aromatic hydroxyl groups is 1. The third-order valence-corrected chi connectivity index (χ3v) is 13.3. The molecule has 478 valence electrons. The van der Waals surface area contributed by atoms with Crippen molar-refractivity contribution in [2.24, 2.45) is 17.6 Å². The van der Waals surface area contributed by atoms with Gasteiger partial charge >= 0.3 is 11.9 Å². The molecule has 0 spiro atoms. The summed E-state index contributed by atoms with van der Waals surface area (Å²) < 4.78 is 0. The number of phenols is 1. The quantitative estimate of drug-likeness (QED) is 0.0275. The van der Waals surface area contributed by atoms with Gasteiger partial charge in [-0.2, -0.15) is 0 Å². The Bertz CT molecular complexity index is 2620. The normalized spacial score (nSPS) is 15.9. The highest BCUT2D eigenvalue weighted by molar-refractivity contribution is 6.38. The summed E-state index contributed by atoms with van der Waals surface area (Å²) in [5.74, 6) is -17.6. The van der Waals surface area contributed by atoms with Crippen molar-refractivity contribution in [2.45, 2.75) is 160 Å². The number of nitrogens with one attached hydrogen (secondary N) is 10. The lowest BCUT2D eigenvalue weighted by Crippen LogP contribution is -2.61. The fourth-order valence-electron chi connectivity index (χ4n) is 8.58. The van der Waals surface area contributed by atoms with Gasteiger partial charge in [-0.05, 0) is 61.6 Å². The monoisotopic (exact) mass is 1220 g/mol. The van der Waals surface area contributed by atoms with Crippen LogP contribution in [0.25, 0.3) is 0 Å². The molecule has 1 unspecified atom stereocenters. The minimum Gasteiger partial charge on any atom is -0.508 e. The lowest BCUT2D eigenvalue weighted by atomic mass is 9.98. The summed E-state index contributed by atoms with van der Waals surface area (Å²) in [6, 6.07) is -9.92. The van der Waals surface area contributed by atoms with Crippen LogP contribution in [-0.2, 0) is 78.3 Å². The number of nitrogens with zero attached hydrogens (tertiary/aromatic N) is 1. The minimum atomic E-state index is -1.84. The number of benzene rings is 1. The summed E-state index contributed by atoms with van der Waals surface area (Å²) in [5.41, 5.74) is 5.58. The van der Waals surface area contributed by atoms with Gasteiger partial charge in [-0.25, -0.2) is 0 Å². The number of nitrogens with two attached hydrogens (primary N) is 1. The van der Waals surface area contributed by atoms with E-state index >= 15 is 0 Å². The molecule has 33 heteroatoms. The summed E-state index contributed by atoms with van der Waals surface area (Å²) in [5, 5.41) is 80.5. The molecule has 33 nitrogen and oxygen atoms in total. The zero-order valence-corrected chi connectivity index (χ0v) is 48.5. The number of aliphatic hydroxyl groups excluding tert-OH is 3. The number of amides is 12. The van der Waals surface area contributed by atoms with Gasteiger partial charge in [0.05, 0.1) is 32.4 Å². The van der Waals surface area contributed by atoms with Crippen molar-refractivity contribution in [3.8, 4) is 5.75 Å². The number of likely N-dealkylation sites (tertiary alicyclic amines) is 1. The maximum atomic E-state index is 14.3. The Morgan fingerprint density at radius 3 is 1.53 bits per heavy atom. The number of ketones is 1. The maximum Gasteiger partial charge on any atom is 0.303 e. The number of Topliss-reactive ketones (excluding diaryl/α,β-unsaturated/α-hetero) is 1. The van der Waals surface area contributed by atoms with Crippen molar-refractivity contribution in [1.82, 2.24) is 58.1 Å². The van der Waals surface area contributed by atoms with E-state index in [1.54, 1.807) is 34.6 Å². The highest BCUT2D eigenvalue weighted by Gasteiger charge is 2.42. The highest BCUT2D eigenvalue weighted by Crippen LogP contribution is 2.22. The summed E-state index contributed by atoms with van der Waals surface area (Å²) in [7, 11) is 0. The van der Waals surface area contributed by atoms with Gasteiger partial charge < -0.3 is 94.4 Å². The van der Waals surface area contributed by atoms with Crippen molar-refractivity contribution in [3.63, 3.8) is 0 Å². The molecule has 2 rings (SSSR count). The molecule has 0 aliphatic carbocycles. The Balaban J connectivity index is 2.16. The molecule has 0 aromatic heterocycles. The van der Waals surface area contributed by atoms with Gasteiger partial charge in [-0.15, -0.1) is 0 Å². The van der Waals surface area contributed by atoms with Crippen LogP contribution in [0.4, 0.5) is 0 Å². The van der Waals surface area contributed by atoms with Gasteiger partial charge in [-0.3, -0.25) is 71.9 Å². The molecule has 12 amide bonds. The van der Waals surface area contributed by atoms with E-state index in [2.05, 4.69) is 53.2 Å². The molecular weight excluding hydrogens is 1140 g/mol. The molecule has 1 aliphatic heterocycles. The van der Waals surface area contributed by atoms with E-state index in [1.165, 1.54) is 29.2 Å². The van der Waals surface area contributed by atoms with Crippen LogP contribution in [0.15, 0.2) is 24.3 Å². The predicted molar refractivity (Wildman–Crippen MR) is 296 cm³/mol. The molecule has 1 aliphatic rings. The predicted octanol–water partition coefficient (Wildman–Crippen LogP) is -6.70. The fourth-order valence-corrected chi connectivity index (χ4v) is 8.58. The first kappa shape index (κ1) is 73.3. The van der Waals surface area contributed by atoms with E-state index in [-0.39, 0.29) is 50.8 Å². The van der Waals surface area contributed by atoms with Crippen LogP contribution >= 0.6 is 0 Å². The second-order valence-corrected chi connectivity index (χ2v) is 20.9. The highest BCUT2D eigenvalue weighted by atomic mass is 16.4. The number of hydrogen-bond donors (Lipinski definition) is 17. The molecule has 1 heterocycles. The number of primary amides is 1. The Kier molecular flexibility index (Phi) is 30.7. The first-order valence-corrected chi connectivity index (χ1v) is 27.5. The van der Waals surface area contributed by atoms with Crippen molar-refractivity contribution < 1.29 is 103 Å². The van der Waals surface area contributed by atoms with Crippen molar-refractivity contribution in [1.29, 1.82) is 0 Å². The fraction of sp³-hybridized carbons (Fsp3) is 0.604. The van der Waals surface area contributed by atoms with Gasteiger partial charge in [0.1, 0.15) is 60.1 Å². The summed E-state index contributed by atoms with van der Waals surface area (Å²) in [4.78, 5) is 196. The van der Waals surface area contributed by atoms with Crippen LogP contribution in [-0.4, -0.2) is 217 Å². The van der Waals surface area contributed by atoms with Crippen LogP contribution in [0, 0.1) is 11.8 Å². The number of carboxylic acids is 2. The number of rotatable bonds is 37. The molecule has 1 fully saturated rings. The van der Waals surface area contributed by atoms with E-state index in [9.17, 15) is 97.5 Å². The summed E-state index contributed by atoms with van der Waals surface area (Å²) in [6.45, 7) is 4.87. The zero-order chi connectivity index (χ0) is 65.1. The van der Waals surface area contributed by atoms with E-state index in [1.807, 2.05) is 0 Å². The first-order chi connectivity index (χ1) is 40.4. The Morgan fingerprint density at radius 2 is 1.03 bits per heavy atom. The number of carbonyl (C=O) groups is 15. The van der Waals surface area contributed by atoms with E-state index in [0.29, 0.717) is 5.56 Å². The summed E-state index contributed by atoms with van der Waals surface area (Å²) in [6.07, 6.45) is -1.85. The lowest BCUT2D eigenvalue weighted by molar-refractivity contribution is -0.144. The van der Waals surface area contributed by atoms with Gasteiger partial charge in [0.2, 0.25) is 70.8 Å². The SMILES string of the molecule is CCC[C@H](NC(=O)C1CCCN1C(=O)[C@@H](NC(=O)[C@@H](NC(=O)[C@H](CCC(=O)O)NC(=O)[C@H](CCC(=O)O)NC(C)=O)C(C)C)C(C)C)C(=O)C(=O)NCC(=O)N[C@@H](CO)C(=O)N[C@H](CO)C(=O)N[C@@H](Cc1ccc(O)cc1)C(=O)N[C@@H](CO)C(N)=O. The van der Waals surface area contributed by atoms with Gasteiger partial charge in [0.25, 0.3) is 5.91 Å². The molecular formula is C53H80N12O21. The van der Waals surface area contributed by atoms with Crippen LogP contribution in [0.1, 0.15) is 98.5 Å². The topological polar surface area (TPSA) is 527 Å². The Hall–Kier alpha value is -8.85. The second kappa shape index (κ2) is 36.1. The number of hydrogen-bond acceptors (Lipinski definition) is 19. The van der Waals surface area contributed by atoms with Gasteiger partial charge in [-0.1, -0.05) is 53.2 Å². The van der Waals surface area contributed by atoms with Crippen LogP contribution in [0.2, 0.25) is 0 Å². The lowest BCUT2D eigenvalue weighted by Gasteiger charge is -2.33. The zero-order valence-electron chi connectivity index (χ0n) is 48.5. The Morgan fingerprint density at radius 1 is 0.570 bits per heavy atom. The van der Waals surface area contributed by atoms with Crippen LogP contribution in [0.5, 0.6) is 5.75 Å². The van der Waals surface area contributed by atoms with Gasteiger partial charge in [0, 0.05) is 32.7 Å². The first-order valence-electron chi connectivity index (χ1n) is 27.5. The number of aliphatic carboxylic acids is 2. The molecule has 1 aromatic carbocycles. The molecule has 0 bridgehead atoms. The standard InChI is InChI=1S/C53H80N12O21/c1-7-9-30(43(76)52(85)55-21-38(71)57-35(23-67)48(81)62-36(24-68)49(82)60-33(20-28-11-13-29(70)14-12-28)47(80)61-34(22-66)44(54)77)58-50(83)37-10-8-19-65(37)53(86)42(26(4)5)64-51(84)41(25(2)3)63-46(79)32(16-18-40(74)75)59-45(78)31(56-27(6)69)15-17-39(72)73/h11-14,25-26,30-37,41-42,66-68,70H,7-10,15-24H2,1-6H3,(H2,54,77)(H,55,85)(H,56,69)(H,57,71)(H,58,83)(H,59,78)(H,60,82)(H,61,80)(H,62,81)(H,63,79)(H,64,84)(H,72,73)(H,74,75)/t30-,31-,32-,33-,34-,35-,36+,37?,41-,42-/m0/s1. The average molecular weight is 1220 g/mol. The minimum absolute atomic E-state index is 0.00732. The van der Waals surface area contributed by atoms with Crippen molar-refractivity contribution in [3.05, 3.63) is 29.8 Å². The van der Waals surface area contributed by atoms with Crippen molar-refractivity contribution in [2.75, 3.05) is 32.9 Å². The molecule has 0 radical (unpaired) electrons. The van der Waals surface area contributed by atoms with E-state index in [0.717, 1.165) is 6.92 Å². The molecule has 86 heavy (non-hydrogen) atoms. The molecule has 1 aromatic rings. The van der Waals surface area contributed by atoms with Gasteiger partial charge in [0.15, 0.2) is 0 Å². The van der Waals surface area contributed by atoms with E-state index < -0.39 is 206 Å². The largest absolute Gasteiger partial charge is 0.508 e. The maximum absolute atomic E-state index is 14.3. The average Bonchev–Trinajstić information content (AvgIpc) is 2.47. The molecule has 1 saturated heterocycles. The third-order valence-electron chi connectivity index (χ3n) is 13.3.